The second kappa shape index (κ2) is 9.84. The number of esters is 1. The van der Waals surface area contributed by atoms with Crippen LogP contribution in [0.25, 0.3) is 6.08 Å². The number of carbonyl (C=O) groups excluding carboxylic acids is 2. The van der Waals surface area contributed by atoms with E-state index in [-0.39, 0.29) is 39.4 Å². The van der Waals surface area contributed by atoms with Crippen LogP contribution in [0.4, 0.5) is 0 Å². The molecule has 31 heavy (non-hydrogen) atoms. The number of hydrogen-bond acceptors (Lipinski definition) is 7. The second-order valence-electron chi connectivity index (χ2n) is 6.19. The highest BCUT2D eigenvalue weighted by Gasteiger charge is 2.34. The van der Waals surface area contributed by atoms with E-state index in [4.69, 9.17) is 9.47 Å². The summed E-state index contributed by atoms with van der Waals surface area (Å²) < 4.78 is 10.7. The molecule has 0 saturated carbocycles. The number of aliphatic hydroxyl groups excluding tert-OH is 1. The van der Waals surface area contributed by atoms with Crippen LogP contribution < -0.4 is 4.74 Å². The Balaban J connectivity index is 2.06. The van der Waals surface area contributed by atoms with E-state index in [1.807, 2.05) is 0 Å². The van der Waals surface area contributed by atoms with E-state index in [1.54, 1.807) is 49.4 Å². The molecule has 2 aromatic rings. The number of rotatable bonds is 5. The lowest BCUT2D eigenvalue weighted by atomic mass is 10.1. The number of amides is 1. The number of carbonyl (C=O) groups is 2. The normalized spacial score (nSPS) is 16.1. The van der Waals surface area contributed by atoms with Crippen LogP contribution in [0.2, 0.25) is 0 Å². The third-order valence-corrected chi connectivity index (χ3v) is 5.89. The largest absolute Gasteiger partial charge is 0.506 e. The SMILES string of the molecule is CCOC(=O)C1=C(O)/C(=C/c2cc(OC)c(O)cc2Br)SC1=NC(=O)c1ccccc1. The van der Waals surface area contributed by atoms with Gasteiger partial charge < -0.3 is 19.7 Å². The van der Waals surface area contributed by atoms with Gasteiger partial charge in [-0.2, -0.15) is 0 Å². The summed E-state index contributed by atoms with van der Waals surface area (Å²) in [6.45, 7) is 1.74. The number of halogens is 1. The molecule has 0 fully saturated rings. The Bertz CT molecular complexity index is 1120. The van der Waals surface area contributed by atoms with Gasteiger partial charge in [0.15, 0.2) is 11.5 Å². The van der Waals surface area contributed by atoms with Gasteiger partial charge in [0.2, 0.25) is 0 Å². The maximum absolute atomic E-state index is 12.5. The Labute approximate surface area is 191 Å². The number of ether oxygens (including phenoxy) is 2. The summed E-state index contributed by atoms with van der Waals surface area (Å²) in [5, 5.41) is 20.7. The van der Waals surface area contributed by atoms with E-state index in [2.05, 4.69) is 20.9 Å². The first-order chi connectivity index (χ1) is 14.8. The number of benzene rings is 2. The predicted octanol–water partition coefficient (Wildman–Crippen LogP) is 4.87. The van der Waals surface area contributed by atoms with Crippen molar-refractivity contribution in [2.24, 2.45) is 4.99 Å². The Morgan fingerprint density at radius 2 is 1.90 bits per heavy atom. The zero-order chi connectivity index (χ0) is 22.5. The molecule has 2 aromatic carbocycles. The van der Waals surface area contributed by atoms with Crippen molar-refractivity contribution in [1.29, 1.82) is 0 Å². The molecule has 1 aliphatic heterocycles. The summed E-state index contributed by atoms with van der Waals surface area (Å²) in [6.07, 6.45) is 1.58. The minimum absolute atomic E-state index is 0.0397. The molecular weight excluding hydrogens is 486 g/mol. The van der Waals surface area contributed by atoms with Crippen molar-refractivity contribution in [2.75, 3.05) is 13.7 Å². The number of aromatic hydroxyl groups is 1. The van der Waals surface area contributed by atoms with Gasteiger partial charge in [-0.3, -0.25) is 4.79 Å². The van der Waals surface area contributed by atoms with Crippen LogP contribution in [0.1, 0.15) is 22.8 Å². The predicted molar refractivity (Wildman–Crippen MR) is 122 cm³/mol. The first-order valence-corrected chi connectivity index (χ1v) is 10.7. The van der Waals surface area contributed by atoms with Crippen LogP contribution in [0.5, 0.6) is 11.5 Å². The molecule has 1 heterocycles. The summed E-state index contributed by atoms with van der Waals surface area (Å²) in [5.74, 6) is -1.50. The molecule has 2 N–H and O–H groups in total. The van der Waals surface area contributed by atoms with Crippen LogP contribution in [-0.2, 0) is 9.53 Å². The van der Waals surface area contributed by atoms with Gasteiger partial charge in [0.25, 0.3) is 5.91 Å². The van der Waals surface area contributed by atoms with Gasteiger partial charge in [-0.15, -0.1) is 0 Å². The molecule has 0 spiro atoms. The number of phenols is 1. The summed E-state index contributed by atoms with van der Waals surface area (Å²) in [7, 11) is 1.42. The molecular formula is C22H18BrNO6S. The van der Waals surface area contributed by atoms with Crippen LogP contribution >= 0.6 is 27.7 Å². The molecule has 0 aliphatic carbocycles. The number of hydrogen-bond donors (Lipinski definition) is 2. The highest BCUT2D eigenvalue weighted by molar-refractivity contribution is 9.10. The lowest BCUT2D eigenvalue weighted by Gasteiger charge is -2.07. The maximum atomic E-state index is 12.5. The molecule has 160 valence electrons. The number of methoxy groups -OCH3 is 1. The molecule has 0 atom stereocenters. The Kier molecular flexibility index (Phi) is 7.19. The van der Waals surface area contributed by atoms with E-state index >= 15 is 0 Å². The number of thioether (sulfide) groups is 1. The van der Waals surface area contributed by atoms with Crippen LogP contribution in [0.15, 0.2) is 68.2 Å². The van der Waals surface area contributed by atoms with Crippen molar-refractivity contribution in [3.8, 4) is 11.5 Å². The summed E-state index contributed by atoms with van der Waals surface area (Å²) in [6, 6.07) is 11.4. The Morgan fingerprint density at radius 3 is 2.55 bits per heavy atom. The monoisotopic (exact) mass is 503 g/mol. The van der Waals surface area contributed by atoms with E-state index in [0.29, 0.717) is 15.6 Å². The average molecular weight is 504 g/mol. The number of phenolic OH excluding ortho intramolecular Hbond substituents is 1. The van der Waals surface area contributed by atoms with Gasteiger partial charge in [0.1, 0.15) is 16.4 Å². The standard InChI is InChI=1S/C22H18BrNO6S/c1-3-30-22(28)18-19(26)17(10-13-9-16(29-2)15(25)11-14(13)23)31-21(18)24-20(27)12-7-5-4-6-8-12/h4-11,25-26H,3H2,1-2H3/b17-10-,24-21?. The van der Waals surface area contributed by atoms with E-state index < -0.39 is 11.9 Å². The van der Waals surface area contributed by atoms with Gasteiger partial charge in [-0.25, -0.2) is 9.79 Å². The van der Waals surface area contributed by atoms with Gasteiger partial charge in [0.05, 0.1) is 18.6 Å². The van der Waals surface area contributed by atoms with E-state index in [1.165, 1.54) is 13.2 Å². The fourth-order valence-corrected chi connectivity index (χ4v) is 4.15. The van der Waals surface area contributed by atoms with Crippen molar-refractivity contribution in [2.45, 2.75) is 6.92 Å². The van der Waals surface area contributed by atoms with Gasteiger partial charge >= 0.3 is 5.97 Å². The molecule has 3 rings (SSSR count). The van der Waals surface area contributed by atoms with E-state index in [0.717, 1.165) is 11.8 Å². The van der Waals surface area contributed by atoms with Crippen LogP contribution in [-0.4, -0.2) is 40.8 Å². The highest BCUT2D eigenvalue weighted by atomic mass is 79.9. The zero-order valence-corrected chi connectivity index (χ0v) is 19.0. The van der Waals surface area contributed by atoms with E-state index in [9.17, 15) is 19.8 Å². The second-order valence-corrected chi connectivity index (χ2v) is 8.07. The van der Waals surface area contributed by atoms with Crippen LogP contribution in [0, 0.1) is 0 Å². The topological polar surface area (TPSA) is 105 Å². The Morgan fingerprint density at radius 1 is 1.19 bits per heavy atom. The first kappa shape index (κ1) is 22.6. The van der Waals surface area contributed by atoms with Crippen LogP contribution in [0.3, 0.4) is 0 Å². The van der Waals surface area contributed by atoms with Gasteiger partial charge in [-0.05, 0) is 42.8 Å². The molecule has 0 bridgehead atoms. The number of aliphatic hydroxyl groups is 1. The molecule has 7 nitrogen and oxygen atoms in total. The quantitative estimate of drug-likeness (QED) is 0.560. The molecule has 0 aromatic heterocycles. The lowest BCUT2D eigenvalue weighted by Crippen LogP contribution is -2.14. The van der Waals surface area contributed by atoms with Gasteiger partial charge in [-0.1, -0.05) is 45.9 Å². The zero-order valence-electron chi connectivity index (χ0n) is 16.6. The molecule has 1 amide bonds. The summed E-state index contributed by atoms with van der Waals surface area (Å²) >= 11 is 4.32. The van der Waals surface area contributed by atoms with Crippen molar-refractivity contribution >= 4 is 50.7 Å². The minimum Gasteiger partial charge on any atom is -0.506 e. The van der Waals surface area contributed by atoms with Gasteiger partial charge in [0, 0.05) is 10.0 Å². The smallest absolute Gasteiger partial charge is 0.344 e. The van der Waals surface area contributed by atoms with Crippen molar-refractivity contribution < 1.29 is 29.3 Å². The average Bonchev–Trinajstić information content (AvgIpc) is 3.05. The maximum Gasteiger partial charge on any atom is 0.344 e. The van der Waals surface area contributed by atoms with Crippen molar-refractivity contribution in [1.82, 2.24) is 0 Å². The number of aliphatic imine (C=N–C) groups is 1. The minimum atomic E-state index is -0.780. The first-order valence-electron chi connectivity index (χ1n) is 9.10. The molecule has 0 radical (unpaired) electrons. The molecule has 0 saturated heterocycles. The molecule has 9 heteroatoms. The summed E-state index contributed by atoms with van der Waals surface area (Å²) in [4.78, 5) is 29.3. The fourth-order valence-electron chi connectivity index (χ4n) is 2.70. The number of nitrogens with zero attached hydrogens (tertiary/aromatic N) is 1. The third-order valence-electron chi connectivity index (χ3n) is 4.18. The summed E-state index contributed by atoms with van der Waals surface area (Å²) in [5.41, 5.74) is 0.744. The lowest BCUT2D eigenvalue weighted by molar-refractivity contribution is -0.138. The van der Waals surface area contributed by atoms with Crippen molar-refractivity contribution in [3.63, 3.8) is 0 Å². The fraction of sp³-hybridized carbons (Fsp3) is 0.136. The highest BCUT2D eigenvalue weighted by Crippen LogP contribution is 2.41. The molecule has 0 unspecified atom stereocenters. The molecule has 1 aliphatic rings. The Hall–Kier alpha value is -3.04. The van der Waals surface area contributed by atoms with Crippen molar-refractivity contribution in [3.05, 3.63) is 74.3 Å². The third kappa shape index (κ3) is 5.00.